The molecule has 0 radical (unpaired) electrons. The zero-order valence-electron chi connectivity index (χ0n) is 13.4. The zero-order valence-corrected chi connectivity index (χ0v) is 13.4. The number of piperidine rings is 1. The number of carbonyl (C=O) groups is 1. The van der Waals surface area contributed by atoms with Crippen LogP contribution in [-0.2, 0) is 0 Å². The number of aromatic nitrogens is 1. The summed E-state index contributed by atoms with van der Waals surface area (Å²) in [6, 6.07) is 4.11. The Morgan fingerprint density at radius 3 is 2.77 bits per heavy atom. The van der Waals surface area contributed by atoms with Gasteiger partial charge in [-0.25, -0.2) is 4.79 Å². The van der Waals surface area contributed by atoms with Crippen LogP contribution in [0.4, 0.5) is 10.5 Å². The Hall–Kier alpha value is -2.04. The van der Waals surface area contributed by atoms with E-state index in [2.05, 4.69) is 33.9 Å². The number of nitrogens with zero attached hydrogens (tertiary/aromatic N) is 3. The molecule has 0 atom stereocenters. The van der Waals surface area contributed by atoms with E-state index < -0.39 is 0 Å². The van der Waals surface area contributed by atoms with Gasteiger partial charge in [-0.3, -0.25) is 4.98 Å². The third kappa shape index (κ3) is 4.76. The molecule has 120 valence electrons. The molecule has 5 nitrogen and oxygen atoms in total. The van der Waals surface area contributed by atoms with E-state index >= 15 is 0 Å². The minimum Gasteiger partial charge on any atom is -0.371 e. The van der Waals surface area contributed by atoms with Crippen LogP contribution in [0.25, 0.3) is 0 Å². The van der Waals surface area contributed by atoms with E-state index in [4.69, 9.17) is 0 Å². The standard InChI is InChI=1S/C17H26N4O/c1-3-12-20(2)17(22)19-11-4-15-7-13-21(14-8-15)16-5-9-18-10-6-16/h3,5-6,9-10,15H,1,4,7-8,11-14H2,2H3,(H,19,22). The van der Waals surface area contributed by atoms with Crippen molar-refractivity contribution in [3.8, 4) is 0 Å². The Morgan fingerprint density at radius 2 is 2.14 bits per heavy atom. The average molecular weight is 302 g/mol. The lowest BCUT2D eigenvalue weighted by atomic mass is 9.93. The highest BCUT2D eigenvalue weighted by atomic mass is 16.2. The smallest absolute Gasteiger partial charge is 0.317 e. The Labute approximate surface area is 133 Å². The first-order valence-corrected chi connectivity index (χ1v) is 7.95. The average Bonchev–Trinajstić information content (AvgIpc) is 2.56. The van der Waals surface area contributed by atoms with Crippen LogP contribution in [0.15, 0.2) is 37.2 Å². The minimum absolute atomic E-state index is 0.0193. The molecule has 0 unspecified atom stereocenters. The molecule has 1 aliphatic heterocycles. The first-order valence-electron chi connectivity index (χ1n) is 7.95. The summed E-state index contributed by atoms with van der Waals surface area (Å²) in [6.45, 7) is 7.13. The molecule has 1 N–H and O–H groups in total. The normalized spacial score (nSPS) is 15.4. The van der Waals surface area contributed by atoms with Crippen molar-refractivity contribution in [2.75, 3.05) is 38.1 Å². The molecule has 22 heavy (non-hydrogen) atoms. The van der Waals surface area contributed by atoms with Crippen molar-refractivity contribution < 1.29 is 4.79 Å². The molecule has 5 heteroatoms. The first kappa shape index (κ1) is 16.3. The summed E-state index contributed by atoms with van der Waals surface area (Å²) in [5.41, 5.74) is 1.26. The number of likely N-dealkylation sites (N-methyl/N-ethyl adjacent to an activating group) is 1. The fraction of sp³-hybridized carbons (Fsp3) is 0.529. The fourth-order valence-corrected chi connectivity index (χ4v) is 2.83. The van der Waals surface area contributed by atoms with Crippen molar-refractivity contribution in [2.24, 2.45) is 5.92 Å². The van der Waals surface area contributed by atoms with Crippen LogP contribution in [0.3, 0.4) is 0 Å². The number of hydrogen-bond acceptors (Lipinski definition) is 3. The number of rotatable bonds is 6. The Balaban J connectivity index is 1.65. The van der Waals surface area contributed by atoms with Gasteiger partial charge in [-0.15, -0.1) is 6.58 Å². The molecule has 1 aliphatic rings. The maximum Gasteiger partial charge on any atom is 0.317 e. The minimum atomic E-state index is -0.0193. The topological polar surface area (TPSA) is 48.5 Å². The van der Waals surface area contributed by atoms with E-state index in [1.807, 2.05) is 12.4 Å². The Kier molecular flexibility index (Phi) is 6.25. The number of anilines is 1. The molecule has 1 saturated heterocycles. The third-order valence-electron chi connectivity index (χ3n) is 4.22. The largest absolute Gasteiger partial charge is 0.371 e. The predicted octanol–water partition coefficient (Wildman–Crippen LogP) is 2.52. The van der Waals surface area contributed by atoms with Crippen LogP contribution in [0.1, 0.15) is 19.3 Å². The van der Waals surface area contributed by atoms with Gasteiger partial charge in [0.25, 0.3) is 0 Å². The SMILES string of the molecule is C=CCN(C)C(=O)NCCC1CCN(c2ccncc2)CC1. The summed E-state index contributed by atoms with van der Waals surface area (Å²) in [5.74, 6) is 0.697. The number of amides is 2. The van der Waals surface area contributed by atoms with Crippen LogP contribution in [-0.4, -0.2) is 49.1 Å². The predicted molar refractivity (Wildman–Crippen MR) is 90.0 cm³/mol. The maximum absolute atomic E-state index is 11.8. The Morgan fingerprint density at radius 1 is 1.45 bits per heavy atom. The number of pyridine rings is 1. The van der Waals surface area contributed by atoms with Gasteiger partial charge in [0.15, 0.2) is 0 Å². The molecule has 1 aromatic rings. The van der Waals surface area contributed by atoms with E-state index in [1.165, 1.54) is 18.5 Å². The van der Waals surface area contributed by atoms with E-state index in [9.17, 15) is 4.79 Å². The Bertz CT molecular complexity index is 469. The van der Waals surface area contributed by atoms with E-state index in [-0.39, 0.29) is 6.03 Å². The quantitative estimate of drug-likeness (QED) is 0.821. The monoisotopic (exact) mass is 302 g/mol. The van der Waals surface area contributed by atoms with Crippen LogP contribution in [0.5, 0.6) is 0 Å². The summed E-state index contributed by atoms with van der Waals surface area (Å²) in [4.78, 5) is 19.9. The summed E-state index contributed by atoms with van der Waals surface area (Å²) >= 11 is 0. The van der Waals surface area contributed by atoms with Gasteiger partial charge in [0.1, 0.15) is 0 Å². The highest BCUT2D eigenvalue weighted by molar-refractivity contribution is 5.73. The second kappa shape index (κ2) is 8.41. The van der Waals surface area contributed by atoms with E-state index in [0.29, 0.717) is 12.5 Å². The van der Waals surface area contributed by atoms with Gasteiger partial charge in [0, 0.05) is 51.3 Å². The molecule has 2 heterocycles. The molecule has 0 aromatic carbocycles. The molecule has 2 rings (SSSR count). The van der Waals surface area contributed by atoms with Crippen molar-refractivity contribution in [3.05, 3.63) is 37.2 Å². The van der Waals surface area contributed by atoms with Gasteiger partial charge in [-0.05, 0) is 37.3 Å². The summed E-state index contributed by atoms with van der Waals surface area (Å²) in [7, 11) is 1.78. The molecule has 0 aliphatic carbocycles. The summed E-state index contributed by atoms with van der Waals surface area (Å²) in [6.07, 6.45) is 8.83. The molecular weight excluding hydrogens is 276 g/mol. The second-order valence-electron chi connectivity index (χ2n) is 5.83. The maximum atomic E-state index is 11.8. The zero-order chi connectivity index (χ0) is 15.8. The molecular formula is C17H26N4O. The number of nitrogens with one attached hydrogen (secondary N) is 1. The highest BCUT2D eigenvalue weighted by Gasteiger charge is 2.19. The van der Waals surface area contributed by atoms with Gasteiger partial charge in [0.2, 0.25) is 0 Å². The second-order valence-corrected chi connectivity index (χ2v) is 5.83. The lowest BCUT2D eigenvalue weighted by molar-refractivity contribution is 0.212. The number of urea groups is 1. The lowest BCUT2D eigenvalue weighted by Crippen LogP contribution is -2.39. The van der Waals surface area contributed by atoms with E-state index in [1.54, 1.807) is 18.0 Å². The molecule has 0 saturated carbocycles. The van der Waals surface area contributed by atoms with Gasteiger partial charge in [0.05, 0.1) is 0 Å². The lowest BCUT2D eigenvalue weighted by Gasteiger charge is -2.33. The number of hydrogen-bond donors (Lipinski definition) is 1. The molecule has 0 bridgehead atoms. The molecule has 1 fully saturated rings. The van der Waals surface area contributed by atoms with Crippen LogP contribution in [0, 0.1) is 5.92 Å². The van der Waals surface area contributed by atoms with Gasteiger partial charge in [-0.2, -0.15) is 0 Å². The van der Waals surface area contributed by atoms with Crippen molar-refractivity contribution in [1.82, 2.24) is 15.2 Å². The molecule has 0 spiro atoms. The third-order valence-corrected chi connectivity index (χ3v) is 4.22. The van der Waals surface area contributed by atoms with Gasteiger partial charge < -0.3 is 15.1 Å². The van der Waals surface area contributed by atoms with Crippen molar-refractivity contribution in [2.45, 2.75) is 19.3 Å². The van der Waals surface area contributed by atoms with Crippen LogP contribution < -0.4 is 10.2 Å². The van der Waals surface area contributed by atoms with Crippen molar-refractivity contribution in [1.29, 1.82) is 0 Å². The molecule has 2 amide bonds. The number of carbonyl (C=O) groups excluding carboxylic acids is 1. The summed E-state index contributed by atoms with van der Waals surface area (Å²) < 4.78 is 0. The van der Waals surface area contributed by atoms with Gasteiger partial charge >= 0.3 is 6.03 Å². The highest BCUT2D eigenvalue weighted by Crippen LogP contribution is 2.24. The van der Waals surface area contributed by atoms with E-state index in [0.717, 1.165) is 26.1 Å². The van der Waals surface area contributed by atoms with Crippen molar-refractivity contribution >= 4 is 11.7 Å². The van der Waals surface area contributed by atoms with Crippen LogP contribution >= 0.6 is 0 Å². The first-order chi connectivity index (χ1) is 10.7. The fourth-order valence-electron chi connectivity index (χ4n) is 2.83. The van der Waals surface area contributed by atoms with Crippen molar-refractivity contribution in [3.63, 3.8) is 0 Å². The van der Waals surface area contributed by atoms with Crippen LogP contribution in [0.2, 0.25) is 0 Å². The summed E-state index contributed by atoms with van der Waals surface area (Å²) in [5, 5.41) is 2.97. The van der Waals surface area contributed by atoms with Gasteiger partial charge in [-0.1, -0.05) is 6.08 Å². The molecule has 1 aromatic heterocycles.